The summed E-state index contributed by atoms with van der Waals surface area (Å²) >= 11 is 0. The molecule has 136 valence electrons. The second-order valence-corrected chi connectivity index (χ2v) is 6.14. The predicted molar refractivity (Wildman–Crippen MR) is 87.3 cm³/mol. The first-order valence-electron chi connectivity index (χ1n) is 8.92. The largest absolute Gasteiger partial charge is 0.466 e. The molecule has 0 amide bonds. The Morgan fingerprint density at radius 1 is 0.458 bits per heavy atom. The molecule has 0 unspecified atom stereocenters. The number of carbonyl (C=O) groups is 4. The van der Waals surface area contributed by atoms with Crippen molar-refractivity contribution in [1.82, 2.24) is 0 Å². The number of hydrogen-bond donors (Lipinski definition) is 0. The van der Waals surface area contributed by atoms with E-state index in [2.05, 4.69) is 0 Å². The summed E-state index contributed by atoms with van der Waals surface area (Å²) in [4.78, 5) is 46.3. The van der Waals surface area contributed by atoms with Crippen LogP contribution in [0.25, 0.3) is 0 Å². The number of ketones is 2. The first-order valence-corrected chi connectivity index (χ1v) is 8.92. The monoisotopic (exact) mass is 340 g/mol. The van der Waals surface area contributed by atoms with Crippen LogP contribution in [-0.2, 0) is 28.7 Å². The van der Waals surface area contributed by atoms with Crippen molar-refractivity contribution < 1.29 is 28.7 Å². The third-order valence-electron chi connectivity index (χ3n) is 3.94. The molecule has 0 spiro atoms. The van der Waals surface area contributed by atoms with E-state index in [0.29, 0.717) is 38.9 Å². The summed E-state index contributed by atoms with van der Waals surface area (Å²) in [6, 6.07) is 0. The van der Waals surface area contributed by atoms with Crippen LogP contribution in [0.1, 0.15) is 77.0 Å². The quantitative estimate of drug-likeness (QED) is 0.630. The minimum absolute atomic E-state index is 0.0665. The molecular weight excluding hydrogens is 312 g/mol. The van der Waals surface area contributed by atoms with Crippen molar-refractivity contribution in [3.8, 4) is 0 Å². The van der Waals surface area contributed by atoms with Gasteiger partial charge in [0.1, 0.15) is 11.6 Å². The van der Waals surface area contributed by atoms with Gasteiger partial charge in [-0.2, -0.15) is 0 Å². The first-order chi connectivity index (χ1) is 11.6. The topological polar surface area (TPSA) is 86.7 Å². The summed E-state index contributed by atoms with van der Waals surface area (Å²) in [5.41, 5.74) is 0. The Bertz CT molecular complexity index is 349. The highest BCUT2D eigenvalue weighted by atomic mass is 16.5. The number of Topliss-reactive ketones (excluding diaryl/α,β-unsaturated/α-hetero) is 2. The summed E-state index contributed by atoms with van der Waals surface area (Å²) in [6.45, 7) is 0.654. The van der Waals surface area contributed by atoms with Gasteiger partial charge in [0.25, 0.3) is 0 Å². The van der Waals surface area contributed by atoms with Crippen LogP contribution >= 0.6 is 0 Å². The third kappa shape index (κ3) is 10.9. The fourth-order valence-corrected chi connectivity index (χ4v) is 2.45. The Morgan fingerprint density at radius 3 is 1.29 bits per heavy atom. The van der Waals surface area contributed by atoms with Gasteiger partial charge in [0.15, 0.2) is 0 Å². The van der Waals surface area contributed by atoms with E-state index in [4.69, 9.17) is 9.47 Å². The van der Waals surface area contributed by atoms with Gasteiger partial charge in [0.2, 0.25) is 0 Å². The van der Waals surface area contributed by atoms with E-state index in [1.807, 2.05) is 0 Å². The molecule has 1 aliphatic rings. The smallest absolute Gasteiger partial charge is 0.306 e. The molecule has 0 aromatic carbocycles. The zero-order valence-electron chi connectivity index (χ0n) is 14.3. The molecule has 6 nitrogen and oxygen atoms in total. The van der Waals surface area contributed by atoms with Gasteiger partial charge < -0.3 is 9.47 Å². The maximum absolute atomic E-state index is 11.7. The highest BCUT2D eigenvalue weighted by Gasteiger charge is 2.10. The Kier molecular flexibility index (Phi) is 10.7. The molecule has 1 rings (SSSR count). The summed E-state index contributed by atoms with van der Waals surface area (Å²) in [6.07, 6.45) is 6.04. The van der Waals surface area contributed by atoms with E-state index < -0.39 is 0 Å². The molecule has 0 aromatic rings. The van der Waals surface area contributed by atoms with Crippen LogP contribution in [0.4, 0.5) is 0 Å². The van der Waals surface area contributed by atoms with E-state index in [0.717, 1.165) is 25.7 Å². The van der Waals surface area contributed by atoms with Crippen LogP contribution in [-0.4, -0.2) is 36.7 Å². The van der Waals surface area contributed by atoms with Gasteiger partial charge in [-0.15, -0.1) is 0 Å². The van der Waals surface area contributed by atoms with E-state index in [-0.39, 0.29) is 49.2 Å². The fourth-order valence-electron chi connectivity index (χ4n) is 2.45. The van der Waals surface area contributed by atoms with Crippen LogP contribution in [0, 0.1) is 0 Å². The van der Waals surface area contributed by atoms with Gasteiger partial charge in [-0.25, -0.2) is 0 Å². The Morgan fingerprint density at radius 2 is 0.875 bits per heavy atom. The molecule has 0 N–H and O–H groups in total. The zero-order chi connectivity index (χ0) is 17.6. The number of carbonyl (C=O) groups excluding carboxylic acids is 4. The summed E-state index contributed by atoms with van der Waals surface area (Å²) < 4.78 is 10.2. The minimum Gasteiger partial charge on any atom is -0.466 e. The zero-order valence-corrected chi connectivity index (χ0v) is 14.3. The van der Waals surface area contributed by atoms with Crippen molar-refractivity contribution in [2.75, 3.05) is 13.2 Å². The van der Waals surface area contributed by atoms with Gasteiger partial charge in [0, 0.05) is 25.7 Å². The number of hydrogen-bond acceptors (Lipinski definition) is 6. The number of rotatable bonds is 0. The number of ether oxygens (including phenoxy) is 2. The lowest BCUT2D eigenvalue weighted by atomic mass is 10.1. The number of esters is 2. The SMILES string of the molecule is O=C1CCCCCOC(=O)CCC(=O)CCCCCOC(=O)CC1. The second kappa shape index (κ2) is 12.7. The highest BCUT2D eigenvalue weighted by molar-refractivity contribution is 5.83. The molecule has 1 saturated heterocycles. The summed E-state index contributed by atoms with van der Waals surface area (Å²) in [5, 5.41) is 0. The maximum atomic E-state index is 11.7. The fraction of sp³-hybridized carbons (Fsp3) is 0.778. The van der Waals surface area contributed by atoms with Crippen LogP contribution < -0.4 is 0 Å². The maximum Gasteiger partial charge on any atom is 0.306 e. The van der Waals surface area contributed by atoms with Crippen molar-refractivity contribution in [2.45, 2.75) is 77.0 Å². The summed E-state index contributed by atoms with van der Waals surface area (Å²) in [5.74, 6) is -0.532. The minimum atomic E-state index is -0.333. The van der Waals surface area contributed by atoms with E-state index >= 15 is 0 Å². The molecular formula is C18H28O6. The van der Waals surface area contributed by atoms with Gasteiger partial charge in [0.05, 0.1) is 26.1 Å². The Balaban J connectivity index is 2.34. The molecule has 0 aliphatic carbocycles. The lowest BCUT2D eigenvalue weighted by Gasteiger charge is -2.07. The van der Waals surface area contributed by atoms with E-state index in [9.17, 15) is 19.2 Å². The normalized spacial score (nSPS) is 21.7. The molecule has 0 radical (unpaired) electrons. The summed E-state index contributed by atoms with van der Waals surface area (Å²) in [7, 11) is 0. The predicted octanol–water partition coefficient (Wildman–Crippen LogP) is 2.91. The number of cyclic esters (lactones) is 2. The molecule has 0 atom stereocenters. The average Bonchev–Trinajstić information content (AvgIpc) is 2.56. The van der Waals surface area contributed by atoms with Crippen molar-refractivity contribution >= 4 is 23.5 Å². The molecule has 0 aromatic heterocycles. The molecule has 1 aliphatic heterocycles. The third-order valence-corrected chi connectivity index (χ3v) is 3.94. The lowest BCUT2D eigenvalue weighted by molar-refractivity contribution is -0.145. The highest BCUT2D eigenvalue weighted by Crippen LogP contribution is 2.08. The first kappa shape index (κ1) is 20.3. The van der Waals surface area contributed by atoms with Crippen molar-refractivity contribution in [1.29, 1.82) is 0 Å². The Labute approximate surface area is 143 Å². The average molecular weight is 340 g/mol. The van der Waals surface area contributed by atoms with Crippen LogP contribution in [0.2, 0.25) is 0 Å². The van der Waals surface area contributed by atoms with Crippen LogP contribution in [0.5, 0.6) is 0 Å². The van der Waals surface area contributed by atoms with E-state index in [1.165, 1.54) is 0 Å². The molecule has 1 heterocycles. The van der Waals surface area contributed by atoms with Gasteiger partial charge in [-0.3, -0.25) is 19.2 Å². The lowest BCUT2D eigenvalue weighted by Crippen LogP contribution is -2.10. The van der Waals surface area contributed by atoms with Crippen LogP contribution in [0.15, 0.2) is 0 Å². The molecule has 0 saturated carbocycles. The molecule has 6 heteroatoms. The van der Waals surface area contributed by atoms with Crippen molar-refractivity contribution in [3.05, 3.63) is 0 Å². The standard InChI is InChI=1S/C18H28O6/c19-15-7-3-1-5-13-23-17(21)12-10-16(20)8-4-2-6-14-24-18(22)11-9-15/h1-14H2. The van der Waals surface area contributed by atoms with Crippen molar-refractivity contribution in [2.24, 2.45) is 0 Å². The van der Waals surface area contributed by atoms with Gasteiger partial charge in [-0.05, 0) is 38.5 Å². The molecule has 24 heavy (non-hydrogen) atoms. The van der Waals surface area contributed by atoms with Crippen molar-refractivity contribution in [3.63, 3.8) is 0 Å². The second-order valence-electron chi connectivity index (χ2n) is 6.14. The van der Waals surface area contributed by atoms with Gasteiger partial charge in [-0.1, -0.05) is 0 Å². The van der Waals surface area contributed by atoms with Crippen LogP contribution in [0.3, 0.4) is 0 Å². The Hall–Kier alpha value is -1.72. The molecule has 1 fully saturated rings. The van der Waals surface area contributed by atoms with Gasteiger partial charge >= 0.3 is 11.9 Å². The van der Waals surface area contributed by atoms with E-state index in [1.54, 1.807) is 0 Å². The molecule has 0 bridgehead atoms.